The number of rotatable bonds is 5. The van der Waals surface area contributed by atoms with Crippen LogP contribution in [0.3, 0.4) is 0 Å². The van der Waals surface area contributed by atoms with Gasteiger partial charge in [0.15, 0.2) is 4.34 Å². The molecule has 0 unspecified atom stereocenters. The van der Waals surface area contributed by atoms with E-state index in [1.54, 1.807) is 0 Å². The van der Waals surface area contributed by atoms with E-state index >= 15 is 0 Å². The highest BCUT2D eigenvalue weighted by Gasteiger charge is 2.19. The summed E-state index contributed by atoms with van der Waals surface area (Å²) in [6.07, 6.45) is 0. The highest BCUT2D eigenvalue weighted by atomic mass is 32.2. The van der Waals surface area contributed by atoms with Gasteiger partial charge in [0.05, 0.1) is 15.9 Å². The van der Waals surface area contributed by atoms with Crippen molar-refractivity contribution in [2.45, 2.75) is 17.0 Å². The van der Waals surface area contributed by atoms with Gasteiger partial charge >= 0.3 is 0 Å². The summed E-state index contributed by atoms with van der Waals surface area (Å²) in [5.74, 6) is 0.308. The normalized spacial score (nSPS) is 10.4. The van der Waals surface area contributed by atoms with Crippen LogP contribution in [0.25, 0.3) is 0 Å². The van der Waals surface area contributed by atoms with Crippen molar-refractivity contribution >= 4 is 34.5 Å². The maximum Gasteiger partial charge on any atom is 0.280 e. The Kier molecular flexibility index (Phi) is 4.25. The Morgan fingerprint density at radius 3 is 2.55 bits per heavy atom. The minimum Gasteiger partial charge on any atom is -0.258 e. The second-order valence-electron chi connectivity index (χ2n) is 3.70. The van der Waals surface area contributed by atoms with Gasteiger partial charge in [0.25, 0.3) is 11.4 Å². The molecule has 0 N–H and O–H groups in total. The average Bonchev–Trinajstić information content (AvgIpc) is 2.81. The zero-order valence-electron chi connectivity index (χ0n) is 10.2. The molecule has 0 radical (unpaired) electrons. The number of non-ortho nitro benzene ring substituents is 1. The monoisotopic (exact) mass is 312 g/mol. The maximum atomic E-state index is 11.0. The molecule has 10 heteroatoms. The highest BCUT2D eigenvalue weighted by molar-refractivity contribution is 8.00. The topological polar surface area (TPSA) is 112 Å². The summed E-state index contributed by atoms with van der Waals surface area (Å²) >= 11 is 2.70. The van der Waals surface area contributed by atoms with E-state index < -0.39 is 9.85 Å². The van der Waals surface area contributed by atoms with Crippen LogP contribution in [-0.4, -0.2) is 20.0 Å². The van der Waals surface area contributed by atoms with Gasteiger partial charge in [0, 0.05) is 17.4 Å². The fourth-order valence-electron chi connectivity index (χ4n) is 1.43. The molecule has 2 aromatic rings. The molecule has 2 rings (SSSR count). The predicted molar refractivity (Wildman–Crippen MR) is 74.0 cm³/mol. The van der Waals surface area contributed by atoms with Gasteiger partial charge in [-0.05, 0) is 13.0 Å². The quantitative estimate of drug-likeness (QED) is 0.474. The van der Waals surface area contributed by atoms with Gasteiger partial charge in [-0.2, -0.15) is 0 Å². The molecular weight excluding hydrogens is 304 g/mol. The Morgan fingerprint density at radius 1 is 1.25 bits per heavy atom. The molecule has 0 aliphatic carbocycles. The highest BCUT2D eigenvalue weighted by Crippen LogP contribution is 2.31. The van der Waals surface area contributed by atoms with Gasteiger partial charge in [-0.3, -0.25) is 20.2 Å². The van der Waals surface area contributed by atoms with E-state index in [1.165, 1.54) is 35.2 Å². The van der Waals surface area contributed by atoms with Crippen LogP contribution in [0, 0.1) is 27.2 Å². The summed E-state index contributed by atoms with van der Waals surface area (Å²) in [5, 5.41) is 30.2. The number of thioether (sulfide) groups is 1. The number of nitro groups is 2. The van der Waals surface area contributed by atoms with E-state index in [1.807, 2.05) is 6.92 Å². The molecular formula is C10H8N4O4S2. The number of nitrogens with zero attached hydrogens (tertiary/aromatic N) is 4. The van der Waals surface area contributed by atoms with Crippen molar-refractivity contribution in [1.82, 2.24) is 10.2 Å². The first kappa shape index (κ1) is 14.3. The molecule has 0 bridgehead atoms. The zero-order chi connectivity index (χ0) is 14.7. The molecule has 0 saturated heterocycles. The minimum atomic E-state index is -0.655. The second-order valence-corrected chi connectivity index (χ2v) is 6.11. The molecule has 0 fully saturated rings. The molecule has 1 aromatic carbocycles. The van der Waals surface area contributed by atoms with Crippen molar-refractivity contribution in [2.24, 2.45) is 0 Å². The first-order valence-corrected chi connectivity index (χ1v) is 7.12. The van der Waals surface area contributed by atoms with E-state index in [0.717, 1.165) is 11.1 Å². The number of benzene rings is 1. The summed E-state index contributed by atoms with van der Waals surface area (Å²) in [5.41, 5.74) is -0.136. The molecule has 0 spiro atoms. The fraction of sp³-hybridized carbons (Fsp3) is 0.200. The standard InChI is InChI=1S/C10H8N4O4S2/c1-6-11-12-10(20-6)19-5-7-2-3-8(13(15)16)4-9(7)14(17)18/h2-4H,5H2,1H3. The summed E-state index contributed by atoms with van der Waals surface area (Å²) in [4.78, 5) is 20.3. The molecule has 0 aliphatic rings. The maximum absolute atomic E-state index is 11.0. The van der Waals surface area contributed by atoms with Crippen LogP contribution in [0.1, 0.15) is 10.6 Å². The van der Waals surface area contributed by atoms with Crippen LogP contribution < -0.4 is 0 Å². The minimum absolute atomic E-state index is 0.257. The number of nitro benzene ring substituents is 2. The lowest BCUT2D eigenvalue weighted by atomic mass is 10.2. The van der Waals surface area contributed by atoms with Crippen LogP contribution in [0.2, 0.25) is 0 Å². The molecule has 8 nitrogen and oxygen atoms in total. The summed E-state index contributed by atoms with van der Waals surface area (Å²) in [7, 11) is 0. The van der Waals surface area contributed by atoms with Gasteiger partial charge < -0.3 is 0 Å². The van der Waals surface area contributed by atoms with E-state index in [2.05, 4.69) is 10.2 Å². The van der Waals surface area contributed by atoms with Gasteiger partial charge in [0.2, 0.25) is 0 Å². The average molecular weight is 312 g/mol. The second kappa shape index (κ2) is 5.92. The van der Waals surface area contributed by atoms with E-state index in [9.17, 15) is 20.2 Å². The molecule has 104 valence electrons. The Hall–Kier alpha value is -2.07. The first-order valence-electron chi connectivity index (χ1n) is 5.32. The van der Waals surface area contributed by atoms with Crippen molar-refractivity contribution in [3.05, 3.63) is 49.0 Å². The van der Waals surface area contributed by atoms with Crippen LogP contribution in [0.15, 0.2) is 22.5 Å². The number of aryl methyl sites for hydroxylation is 1. The lowest BCUT2D eigenvalue weighted by Crippen LogP contribution is -1.96. The van der Waals surface area contributed by atoms with Crippen LogP contribution in [-0.2, 0) is 5.75 Å². The molecule has 1 aromatic heterocycles. The van der Waals surface area contributed by atoms with E-state index in [0.29, 0.717) is 15.7 Å². The third-order valence-corrected chi connectivity index (χ3v) is 4.36. The Morgan fingerprint density at radius 2 is 2.00 bits per heavy atom. The Balaban J connectivity index is 2.22. The smallest absolute Gasteiger partial charge is 0.258 e. The van der Waals surface area contributed by atoms with Gasteiger partial charge in [-0.15, -0.1) is 10.2 Å². The van der Waals surface area contributed by atoms with Crippen molar-refractivity contribution < 1.29 is 9.85 Å². The van der Waals surface area contributed by atoms with E-state index in [-0.39, 0.29) is 11.4 Å². The third kappa shape index (κ3) is 3.27. The first-order chi connectivity index (χ1) is 9.47. The zero-order valence-corrected chi connectivity index (χ0v) is 11.8. The largest absolute Gasteiger partial charge is 0.280 e. The fourth-order valence-corrected chi connectivity index (χ4v) is 3.25. The summed E-state index contributed by atoms with van der Waals surface area (Å²) < 4.78 is 0.704. The third-order valence-electron chi connectivity index (χ3n) is 2.34. The van der Waals surface area contributed by atoms with Crippen LogP contribution in [0.4, 0.5) is 11.4 Å². The predicted octanol–water partition coefficient (Wildman–Crippen LogP) is 2.96. The molecule has 0 aliphatic heterocycles. The van der Waals surface area contributed by atoms with Gasteiger partial charge in [-0.1, -0.05) is 23.1 Å². The van der Waals surface area contributed by atoms with Crippen molar-refractivity contribution in [2.75, 3.05) is 0 Å². The van der Waals surface area contributed by atoms with Crippen LogP contribution >= 0.6 is 23.1 Å². The molecule has 0 amide bonds. The SMILES string of the molecule is Cc1nnc(SCc2ccc([N+](=O)[O-])cc2[N+](=O)[O-])s1. The molecule has 1 heterocycles. The number of hydrogen-bond donors (Lipinski definition) is 0. The molecule has 20 heavy (non-hydrogen) atoms. The lowest BCUT2D eigenvalue weighted by molar-refractivity contribution is -0.394. The van der Waals surface area contributed by atoms with Crippen LogP contribution in [0.5, 0.6) is 0 Å². The van der Waals surface area contributed by atoms with Crippen molar-refractivity contribution in [3.63, 3.8) is 0 Å². The van der Waals surface area contributed by atoms with Gasteiger partial charge in [-0.25, -0.2) is 0 Å². The Bertz CT molecular complexity index is 673. The Labute approximate surface area is 121 Å². The molecule has 0 atom stereocenters. The van der Waals surface area contributed by atoms with Crippen molar-refractivity contribution in [3.8, 4) is 0 Å². The number of aromatic nitrogens is 2. The summed E-state index contributed by atoms with van der Waals surface area (Å²) in [6, 6.07) is 3.63. The lowest BCUT2D eigenvalue weighted by Gasteiger charge is -2.01. The number of hydrogen-bond acceptors (Lipinski definition) is 8. The van der Waals surface area contributed by atoms with Gasteiger partial charge in [0.1, 0.15) is 5.01 Å². The summed E-state index contributed by atoms with van der Waals surface area (Å²) in [6.45, 7) is 1.82. The molecule has 0 saturated carbocycles. The van der Waals surface area contributed by atoms with E-state index in [4.69, 9.17) is 0 Å². The van der Waals surface area contributed by atoms with Crippen molar-refractivity contribution in [1.29, 1.82) is 0 Å².